The number of likely N-dealkylation sites (N-methyl/N-ethyl adjacent to an activating group) is 2. The van der Waals surface area contributed by atoms with Crippen LogP contribution in [0.15, 0.2) is 48.5 Å². The summed E-state index contributed by atoms with van der Waals surface area (Å²) >= 11 is 11.9. The number of aryl methyl sites for hydroxylation is 1. The third-order valence-corrected chi connectivity index (χ3v) is 7.08. The van der Waals surface area contributed by atoms with Crippen LogP contribution in [0.2, 0.25) is 10.0 Å². The molecule has 0 aliphatic carbocycles. The van der Waals surface area contributed by atoms with Gasteiger partial charge in [0, 0.05) is 35.8 Å². The number of nitrogens with one attached hydrogen (secondary N) is 1. The van der Waals surface area contributed by atoms with Crippen molar-refractivity contribution in [3.8, 4) is 11.5 Å². The highest BCUT2D eigenvalue weighted by atomic mass is 35.5. The highest BCUT2D eigenvalue weighted by Gasteiger charge is 2.33. The number of anilines is 1. The molecule has 1 N–H and O–H groups in total. The lowest BCUT2D eigenvalue weighted by atomic mass is 9.98. The maximum absolute atomic E-state index is 13.7. The molecule has 0 aromatic heterocycles. The number of hydrogen-bond acceptors (Lipinski definition) is 6. The number of ketones is 1. The zero-order valence-corrected chi connectivity index (χ0v) is 26.1. The molecule has 3 aromatic carbocycles. The normalized spacial score (nSPS) is 11.6. The van der Waals surface area contributed by atoms with Crippen LogP contribution in [0.25, 0.3) is 0 Å². The second-order valence-electron chi connectivity index (χ2n) is 10.5. The predicted octanol–water partition coefficient (Wildman–Crippen LogP) is 6.88. The largest absolute Gasteiger partial charge is 0.491 e. The van der Waals surface area contributed by atoms with Crippen LogP contribution in [0.1, 0.15) is 37.4 Å². The van der Waals surface area contributed by atoms with E-state index in [2.05, 4.69) is 5.32 Å². The molecule has 0 unspecified atom stereocenters. The Balaban J connectivity index is 2.05. The number of halogens is 5. The summed E-state index contributed by atoms with van der Waals surface area (Å²) in [4.78, 5) is 30.8. The topological polar surface area (TPSA) is 71.1 Å². The summed E-state index contributed by atoms with van der Waals surface area (Å²) in [6.07, 6.45) is -5.02. The Labute approximate surface area is 259 Å². The molecule has 12 heteroatoms. The first-order valence-corrected chi connectivity index (χ1v) is 14.1. The Morgan fingerprint density at radius 1 is 0.837 bits per heavy atom. The van der Waals surface area contributed by atoms with E-state index in [-0.39, 0.29) is 47.8 Å². The summed E-state index contributed by atoms with van der Waals surface area (Å²) < 4.78 is 52.2. The van der Waals surface area contributed by atoms with Gasteiger partial charge in [-0.1, -0.05) is 29.3 Å². The maximum Gasteiger partial charge on any atom is 0.417 e. The second-order valence-corrected chi connectivity index (χ2v) is 11.3. The Morgan fingerprint density at radius 3 is 1.91 bits per heavy atom. The van der Waals surface area contributed by atoms with Gasteiger partial charge in [0.1, 0.15) is 30.3 Å². The molecule has 43 heavy (non-hydrogen) atoms. The average Bonchev–Trinajstić information content (AvgIpc) is 2.90. The molecule has 0 radical (unpaired) electrons. The number of alkyl halides is 3. The number of Topliss-reactive ketones (excluding diaryl/α,β-unsaturated/α-hetero) is 1. The maximum atomic E-state index is 13.7. The molecule has 0 bridgehead atoms. The van der Waals surface area contributed by atoms with Crippen LogP contribution in [0, 0.1) is 6.92 Å². The summed E-state index contributed by atoms with van der Waals surface area (Å²) in [5, 5.41) is 2.93. The van der Waals surface area contributed by atoms with Gasteiger partial charge in [-0.15, -0.1) is 0 Å². The number of hydrogen-bond donors (Lipinski definition) is 1. The molecule has 0 heterocycles. The molecule has 7 nitrogen and oxygen atoms in total. The zero-order chi connectivity index (χ0) is 31.9. The van der Waals surface area contributed by atoms with Crippen molar-refractivity contribution >= 4 is 40.6 Å². The average molecular weight is 641 g/mol. The van der Waals surface area contributed by atoms with Gasteiger partial charge in [0.15, 0.2) is 5.78 Å². The molecule has 0 aliphatic heterocycles. The fraction of sp³-hybridized carbons (Fsp3) is 0.355. The molecule has 0 atom stereocenters. The van der Waals surface area contributed by atoms with Gasteiger partial charge in [0.25, 0.3) is 5.91 Å². The second kappa shape index (κ2) is 14.9. The van der Waals surface area contributed by atoms with Gasteiger partial charge in [-0.3, -0.25) is 9.59 Å². The van der Waals surface area contributed by atoms with Crippen molar-refractivity contribution in [2.45, 2.75) is 19.5 Å². The van der Waals surface area contributed by atoms with Gasteiger partial charge >= 0.3 is 6.18 Å². The van der Waals surface area contributed by atoms with E-state index in [1.165, 1.54) is 18.2 Å². The zero-order valence-electron chi connectivity index (χ0n) is 24.6. The summed E-state index contributed by atoms with van der Waals surface area (Å²) in [7, 11) is 7.43. The summed E-state index contributed by atoms with van der Waals surface area (Å²) in [5.41, 5.74) is 0.556. The number of nitrogens with zero attached hydrogens (tertiary/aromatic N) is 2. The van der Waals surface area contributed by atoms with Crippen molar-refractivity contribution in [3.63, 3.8) is 0 Å². The van der Waals surface area contributed by atoms with Crippen LogP contribution in [0.4, 0.5) is 18.9 Å². The summed E-state index contributed by atoms with van der Waals surface area (Å²) in [6, 6.07) is 11.2. The first-order valence-electron chi connectivity index (χ1n) is 13.3. The highest BCUT2D eigenvalue weighted by Crippen LogP contribution is 2.36. The molecular weight excluding hydrogens is 606 g/mol. The minimum Gasteiger partial charge on any atom is -0.491 e. The smallest absolute Gasteiger partial charge is 0.417 e. The minimum atomic E-state index is -4.67. The van der Waals surface area contributed by atoms with Gasteiger partial charge in [0.05, 0.1) is 10.6 Å². The summed E-state index contributed by atoms with van der Waals surface area (Å²) in [6.45, 7) is 3.21. The third kappa shape index (κ3) is 9.86. The van der Waals surface area contributed by atoms with E-state index in [1.54, 1.807) is 18.2 Å². The van der Waals surface area contributed by atoms with Crippen LogP contribution < -0.4 is 14.8 Å². The Bertz CT molecular complexity index is 1430. The van der Waals surface area contributed by atoms with Crippen LogP contribution in [-0.2, 0) is 12.6 Å². The Morgan fingerprint density at radius 2 is 1.40 bits per heavy atom. The monoisotopic (exact) mass is 639 g/mol. The van der Waals surface area contributed by atoms with E-state index in [1.807, 2.05) is 44.9 Å². The SMILES string of the molecule is Cc1cc(NC(=O)c2c(OCCN(C)C)cc(C(=O)Cc3ccc(Cl)c(C(F)(F)F)c3)cc2OCCN(C)C)ccc1Cl. The van der Waals surface area contributed by atoms with E-state index in [9.17, 15) is 22.8 Å². The third-order valence-electron chi connectivity index (χ3n) is 6.32. The van der Waals surface area contributed by atoms with Crippen molar-refractivity contribution < 1.29 is 32.2 Å². The molecule has 0 spiro atoms. The van der Waals surface area contributed by atoms with E-state index in [4.69, 9.17) is 32.7 Å². The fourth-order valence-electron chi connectivity index (χ4n) is 3.98. The van der Waals surface area contributed by atoms with Crippen LogP contribution in [-0.4, -0.2) is 76.0 Å². The number of benzene rings is 3. The number of amides is 1. The molecule has 0 fully saturated rings. The van der Waals surface area contributed by atoms with Crippen molar-refractivity contribution in [1.29, 1.82) is 0 Å². The molecular formula is C31H34Cl2F3N3O4. The molecule has 0 saturated carbocycles. The fourth-order valence-corrected chi connectivity index (χ4v) is 4.32. The quantitative estimate of drug-likeness (QED) is 0.206. The summed E-state index contributed by atoms with van der Waals surface area (Å²) in [5.74, 6) is -0.829. The highest BCUT2D eigenvalue weighted by molar-refractivity contribution is 6.31. The first kappa shape index (κ1) is 34.2. The Hall–Kier alpha value is -3.31. The van der Waals surface area contributed by atoms with Crippen molar-refractivity contribution in [2.24, 2.45) is 0 Å². The number of carbonyl (C=O) groups is 2. The molecule has 232 valence electrons. The lowest BCUT2D eigenvalue weighted by Crippen LogP contribution is -2.23. The predicted molar refractivity (Wildman–Crippen MR) is 163 cm³/mol. The van der Waals surface area contributed by atoms with E-state index in [0.717, 1.165) is 17.7 Å². The molecule has 3 rings (SSSR count). The lowest BCUT2D eigenvalue weighted by molar-refractivity contribution is -0.137. The van der Waals surface area contributed by atoms with Crippen LogP contribution in [0.3, 0.4) is 0 Å². The van der Waals surface area contributed by atoms with Gasteiger partial charge in [-0.05, 0) is 88.7 Å². The van der Waals surface area contributed by atoms with Gasteiger partial charge < -0.3 is 24.6 Å². The minimum absolute atomic E-state index is 0.0764. The Kier molecular flexibility index (Phi) is 11.9. The standard InChI is InChI=1S/C31H34Cl2F3N3O4/c1-19-14-22(7-9-24(19)32)37-30(41)29-27(42-12-10-38(2)3)17-21(18-28(29)43-13-11-39(4)5)26(40)16-20-6-8-25(33)23(15-20)31(34,35)36/h6-9,14-15,17-18H,10-13,16H2,1-5H3,(H,37,41). The molecule has 0 aliphatic rings. The molecule has 0 saturated heterocycles. The van der Waals surface area contributed by atoms with Crippen molar-refractivity contribution in [2.75, 3.05) is 59.8 Å². The van der Waals surface area contributed by atoms with E-state index >= 15 is 0 Å². The number of carbonyl (C=O) groups excluding carboxylic acids is 2. The number of rotatable bonds is 13. The van der Waals surface area contributed by atoms with Crippen LogP contribution in [0.5, 0.6) is 11.5 Å². The number of ether oxygens (including phenoxy) is 2. The van der Waals surface area contributed by atoms with Crippen LogP contribution >= 0.6 is 23.2 Å². The van der Waals surface area contributed by atoms with Gasteiger partial charge in [-0.25, -0.2) is 0 Å². The van der Waals surface area contributed by atoms with E-state index < -0.39 is 28.5 Å². The molecule has 1 amide bonds. The molecule has 3 aromatic rings. The van der Waals surface area contributed by atoms with Gasteiger partial charge in [0.2, 0.25) is 0 Å². The van der Waals surface area contributed by atoms with E-state index in [0.29, 0.717) is 23.8 Å². The van der Waals surface area contributed by atoms with Crippen molar-refractivity contribution in [3.05, 3.63) is 86.4 Å². The first-order chi connectivity index (χ1) is 20.1. The van der Waals surface area contributed by atoms with Crippen molar-refractivity contribution in [1.82, 2.24) is 9.80 Å². The lowest BCUT2D eigenvalue weighted by Gasteiger charge is -2.20. The van der Waals surface area contributed by atoms with Gasteiger partial charge in [-0.2, -0.15) is 13.2 Å².